The summed E-state index contributed by atoms with van der Waals surface area (Å²) in [6, 6.07) is 10.1. The molecular formula is C20H20N4O8S. The van der Waals surface area contributed by atoms with Gasteiger partial charge in [-0.3, -0.25) is 10.1 Å². The van der Waals surface area contributed by atoms with Crippen LogP contribution in [-0.4, -0.2) is 38.6 Å². The van der Waals surface area contributed by atoms with Gasteiger partial charge in [-0.1, -0.05) is 30.3 Å². The zero-order chi connectivity index (χ0) is 24.2. The first kappa shape index (κ1) is 23.7. The molecule has 4 N–H and O–H groups in total. The molecule has 3 rings (SSSR count). The highest BCUT2D eigenvalue weighted by Crippen LogP contribution is 2.31. The SMILES string of the molecule is CCOC(=O)C1=C(COc2ccc(S(N)(=O)=O)cc2[N+](=O)[O-])NC(=O)NC1c1ccccc1. The molecular weight excluding hydrogens is 456 g/mol. The lowest BCUT2D eigenvalue weighted by atomic mass is 9.95. The lowest BCUT2D eigenvalue weighted by molar-refractivity contribution is -0.386. The fourth-order valence-corrected chi connectivity index (χ4v) is 3.70. The topological polar surface area (TPSA) is 180 Å². The molecule has 0 saturated heterocycles. The van der Waals surface area contributed by atoms with E-state index in [9.17, 15) is 28.1 Å². The fraction of sp³-hybridized carbons (Fsp3) is 0.200. The van der Waals surface area contributed by atoms with Gasteiger partial charge in [-0.05, 0) is 24.6 Å². The number of amides is 2. The van der Waals surface area contributed by atoms with Gasteiger partial charge in [0.05, 0.1) is 33.7 Å². The summed E-state index contributed by atoms with van der Waals surface area (Å²) in [5, 5.41) is 21.6. The maximum absolute atomic E-state index is 12.7. The molecule has 2 amide bonds. The van der Waals surface area contributed by atoms with Crippen molar-refractivity contribution in [2.75, 3.05) is 13.2 Å². The van der Waals surface area contributed by atoms with Crippen LogP contribution in [0.3, 0.4) is 0 Å². The third-order valence-corrected chi connectivity index (χ3v) is 5.52. The number of nitrogens with one attached hydrogen (secondary N) is 2. The zero-order valence-electron chi connectivity index (χ0n) is 17.3. The number of carbonyl (C=O) groups is 2. The first-order chi connectivity index (χ1) is 15.6. The zero-order valence-corrected chi connectivity index (χ0v) is 18.1. The molecule has 1 aliphatic heterocycles. The number of ether oxygens (including phenoxy) is 2. The van der Waals surface area contributed by atoms with Crippen molar-refractivity contribution >= 4 is 27.7 Å². The Morgan fingerprint density at radius 3 is 2.52 bits per heavy atom. The number of urea groups is 1. The van der Waals surface area contributed by atoms with E-state index in [1.54, 1.807) is 37.3 Å². The van der Waals surface area contributed by atoms with E-state index in [1.807, 2.05) is 0 Å². The van der Waals surface area contributed by atoms with Gasteiger partial charge < -0.3 is 20.1 Å². The first-order valence-corrected chi connectivity index (χ1v) is 11.1. The summed E-state index contributed by atoms with van der Waals surface area (Å²) in [5.41, 5.74) is 0.0541. The van der Waals surface area contributed by atoms with E-state index in [4.69, 9.17) is 14.6 Å². The molecule has 2 aromatic carbocycles. The molecule has 0 aromatic heterocycles. The molecule has 2 aromatic rings. The number of rotatable bonds is 8. The van der Waals surface area contributed by atoms with Gasteiger partial charge in [0, 0.05) is 6.07 Å². The molecule has 0 spiro atoms. The average molecular weight is 476 g/mol. The van der Waals surface area contributed by atoms with Crippen LogP contribution >= 0.6 is 0 Å². The van der Waals surface area contributed by atoms with Gasteiger partial charge in [-0.15, -0.1) is 0 Å². The molecule has 0 radical (unpaired) electrons. The molecule has 0 bridgehead atoms. The van der Waals surface area contributed by atoms with E-state index in [0.29, 0.717) is 5.56 Å². The number of nitro benzene ring substituents is 1. The van der Waals surface area contributed by atoms with E-state index in [-0.39, 0.29) is 23.6 Å². The average Bonchev–Trinajstić information content (AvgIpc) is 2.77. The molecule has 0 fully saturated rings. The number of carbonyl (C=O) groups excluding carboxylic acids is 2. The Kier molecular flexibility index (Phi) is 6.94. The van der Waals surface area contributed by atoms with Crippen LogP contribution in [0.25, 0.3) is 0 Å². The minimum absolute atomic E-state index is 0.0378. The van der Waals surface area contributed by atoms with E-state index in [0.717, 1.165) is 18.2 Å². The van der Waals surface area contributed by atoms with Crippen LogP contribution in [0.4, 0.5) is 10.5 Å². The van der Waals surface area contributed by atoms with Crippen LogP contribution in [0.1, 0.15) is 18.5 Å². The number of nitrogens with zero attached hydrogens (tertiary/aromatic N) is 1. The second-order valence-electron chi connectivity index (χ2n) is 6.78. The lowest BCUT2D eigenvalue weighted by Crippen LogP contribution is -2.47. The Bertz CT molecular complexity index is 1230. The molecule has 13 heteroatoms. The van der Waals surface area contributed by atoms with Crippen molar-refractivity contribution in [3.05, 3.63) is 75.5 Å². The highest BCUT2D eigenvalue weighted by molar-refractivity contribution is 7.89. The molecule has 1 atom stereocenters. The minimum Gasteiger partial charge on any atom is -0.480 e. The van der Waals surface area contributed by atoms with Gasteiger partial charge in [0.2, 0.25) is 10.0 Å². The summed E-state index contributed by atoms with van der Waals surface area (Å²) in [5.74, 6) is -0.997. The smallest absolute Gasteiger partial charge is 0.338 e. The molecule has 1 unspecified atom stereocenters. The number of esters is 1. The molecule has 174 valence electrons. The summed E-state index contributed by atoms with van der Waals surface area (Å²) < 4.78 is 33.7. The van der Waals surface area contributed by atoms with Crippen LogP contribution in [0.5, 0.6) is 5.75 Å². The number of primary sulfonamides is 1. The number of nitro groups is 1. The van der Waals surface area contributed by atoms with Crippen molar-refractivity contribution in [1.82, 2.24) is 10.6 Å². The lowest BCUT2D eigenvalue weighted by Gasteiger charge is -2.29. The highest BCUT2D eigenvalue weighted by Gasteiger charge is 2.34. The third-order valence-electron chi connectivity index (χ3n) is 4.61. The number of nitrogens with two attached hydrogens (primary N) is 1. The Morgan fingerprint density at radius 1 is 1.21 bits per heavy atom. The van der Waals surface area contributed by atoms with E-state index < -0.39 is 50.2 Å². The summed E-state index contributed by atoms with van der Waals surface area (Å²) in [4.78, 5) is 35.1. The van der Waals surface area contributed by atoms with Crippen LogP contribution in [0.15, 0.2) is 64.7 Å². The van der Waals surface area contributed by atoms with Crippen molar-refractivity contribution in [1.29, 1.82) is 0 Å². The Hall–Kier alpha value is -3.97. The molecule has 0 saturated carbocycles. The maximum atomic E-state index is 12.7. The van der Waals surface area contributed by atoms with Gasteiger partial charge >= 0.3 is 17.7 Å². The monoisotopic (exact) mass is 476 g/mol. The summed E-state index contributed by atoms with van der Waals surface area (Å²) >= 11 is 0. The third kappa shape index (κ3) is 5.45. The van der Waals surface area contributed by atoms with Crippen molar-refractivity contribution in [2.45, 2.75) is 17.9 Å². The number of benzene rings is 2. The van der Waals surface area contributed by atoms with Crippen LogP contribution in [-0.2, 0) is 19.6 Å². The Morgan fingerprint density at radius 2 is 1.91 bits per heavy atom. The largest absolute Gasteiger partial charge is 0.480 e. The van der Waals surface area contributed by atoms with Gasteiger partial charge in [0.15, 0.2) is 5.75 Å². The van der Waals surface area contributed by atoms with Crippen molar-refractivity contribution < 1.29 is 32.4 Å². The first-order valence-electron chi connectivity index (χ1n) is 9.58. The van der Waals surface area contributed by atoms with Crippen LogP contribution < -0.4 is 20.5 Å². The van der Waals surface area contributed by atoms with Crippen LogP contribution in [0.2, 0.25) is 0 Å². The van der Waals surface area contributed by atoms with Crippen molar-refractivity contribution in [3.8, 4) is 5.75 Å². The molecule has 1 heterocycles. The van der Waals surface area contributed by atoms with Gasteiger partial charge in [0.1, 0.15) is 6.61 Å². The van der Waals surface area contributed by atoms with E-state index in [1.165, 1.54) is 0 Å². The predicted octanol–water partition coefficient (Wildman–Crippen LogP) is 1.49. The molecule has 12 nitrogen and oxygen atoms in total. The standard InChI is InChI=1S/C20H20N4O8S/c1-2-31-19(25)17-14(22-20(26)23-18(17)12-6-4-3-5-7-12)11-32-16-9-8-13(33(21,29)30)10-15(16)24(27)28/h3-10,18H,2,11H2,1H3,(H2,21,29,30)(H2,22,23,26). The number of hydrogen-bond donors (Lipinski definition) is 3. The number of sulfonamides is 1. The quantitative estimate of drug-likeness (QED) is 0.291. The van der Waals surface area contributed by atoms with Gasteiger partial charge in [0.25, 0.3) is 0 Å². The van der Waals surface area contributed by atoms with E-state index in [2.05, 4.69) is 10.6 Å². The molecule has 0 aliphatic carbocycles. The molecule has 1 aliphatic rings. The number of hydrogen-bond acceptors (Lipinski definition) is 8. The maximum Gasteiger partial charge on any atom is 0.338 e. The molecule has 33 heavy (non-hydrogen) atoms. The minimum atomic E-state index is -4.18. The Labute approximate surface area is 188 Å². The second-order valence-corrected chi connectivity index (χ2v) is 8.34. The normalized spacial score (nSPS) is 15.9. The summed E-state index contributed by atoms with van der Waals surface area (Å²) in [7, 11) is -4.18. The van der Waals surface area contributed by atoms with Crippen molar-refractivity contribution in [2.24, 2.45) is 5.14 Å². The predicted molar refractivity (Wildman–Crippen MR) is 114 cm³/mol. The summed E-state index contributed by atoms with van der Waals surface area (Å²) in [6.45, 7) is 1.25. The second kappa shape index (κ2) is 9.67. The van der Waals surface area contributed by atoms with Crippen molar-refractivity contribution in [3.63, 3.8) is 0 Å². The van der Waals surface area contributed by atoms with Gasteiger partial charge in [-0.25, -0.2) is 23.1 Å². The summed E-state index contributed by atoms with van der Waals surface area (Å²) in [6.07, 6.45) is 0. The Balaban J connectivity index is 2.01. The highest BCUT2D eigenvalue weighted by atomic mass is 32.2. The van der Waals surface area contributed by atoms with E-state index >= 15 is 0 Å². The fourth-order valence-electron chi connectivity index (χ4n) is 3.17. The van der Waals surface area contributed by atoms with Gasteiger partial charge in [-0.2, -0.15) is 0 Å². The van der Waals surface area contributed by atoms with Crippen LogP contribution in [0, 0.1) is 10.1 Å².